The van der Waals surface area contributed by atoms with E-state index in [4.69, 9.17) is 9.47 Å². The topological polar surface area (TPSA) is 51.1 Å². The van der Waals surface area contributed by atoms with E-state index in [9.17, 15) is 4.79 Å². The van der Waals surface area contributed by atoms with E-state index in [1.807, 2.05) is 38.4 Å². The first kappa shape index (κ1) is 15.6. The van der Waals surface area contributed by atoms with Crippen LogP contribution in [0.3, 0.4) is 0 Å². The lowest BCUT2D eigenvalue weighted by Crippen LogP contribution is -2.05. The van der Waals surface area contributed by atoms with Crippen molar-refractivity contribution in [3.05, 3.63) is 59.7 Å². The zero-order chi connectivity index (χ0) is 15.8. The van der Waals surface area contributed by atoms with Crippen molar-refractivity contribution >= 4 is 12.5 Å². The fourth-order valence-electron chi connectivity index (χ4n) is 1.64. The van der Waals surface area contributed by atoms with Crippen LogP contribution in [0.25, 0.3) is 0 Å². The summed E-state index contributed by atoms with van der Waals surface area (Å²) in [6.45, 7) is 0.103. The van der Waals surface area contributed by atoms with E-state index in [1.54, 1.807) is 35.5 Å². The molecule has 0 fully saturated rings. The van der Waals surface area contributed by atoms with Crippen LogP contribution in [0.1, 0.15) is 15.9 Å². The van der Waals surface area contributed by atoms with E-state index in [2.05, 4.69) is 5.10 Å². The predicted molar refractivity (Wildman–Crippen MR) is 85.7 cm³/mol. The van der Waals surface area contributed by atoms with E-state index in [1.165, 1.54) is 0 Å². The van der Waals surface area contributed by atoms with Crippen molar-refractivity contribution in [3.8, 4) is 11.5 Å². The normalized spacial score (nSPS) is 10.5. The van der Waals surface area contributed by atoms with Gasteiger partial charge in [-0.1, -0.05) is 0 Å². The molecule has 0 aliphatic carbocycles. The molecule has 0 N–H and O–H groups in total. The fraction of sp³-hybridized carbons (Fsp3) is 0.176. The molecule has 0 aromatic heterocycles. The second-order valence-corrected chi connectivity index (χ2v) is 4.75. The summed E-state index contributed by atoms with van der Waals surface area (Å²) in [5.41, 5.74) is 1.61. The number of carbonyl (C=O) groups excluding carboxylic acids is 1. The van der Waals surface area contributed by atoms with Crippen LogP contribution in [0.4, 0.5) is 0 Å². The second kappa shape index (κ2) is 7.83. The summed E-state index contributed by atoms with van der Waals surface area (Å²) in [7, 11) is 3.74. The van der Waals surface area contributed by atoms with Crippen LogP contribution in [0.15, 0.2) is 53.6 Å². The minimum atomic E-state index is 0.103. The number of rotatable bonds is 7. The lowest BCUT2D eigenvalue weighted by molar-refractivity contribution is 0.112. The Hall–Kier alpha value is -2.82. The SMILES string of the molecule is CN(C)/N=C\c1ccc(OCOc2ccc(C=O)cc2)cc1. The maximum atomic E-state index is 10.6. The van der Waals surface area contributed by atoms with Gasteiger partial charge >= 0.3 is 0 Å². The molecule has 5 heteroatoms. The highest BCUT2D eigenvalue weighted by molar-refractivity contribution is 5.79. The van der Waals surface area contributed by atoms with Gasteiger partial charge in [-0.25, -0.2) is 0 Å². The third-order valence-electron chi connectivity index (χ3n) is 2.79. The number of hydrogen-bond donors (Lipinski definition) is 0. The largest absolute Gasteiger partial charge is 0.458 e. The third kappa shape index (κ3) is 4.94. The zero-order valence-corrected chi connectivity index (χ0v) is 12.6. The standard InChI is InChI=1S/C17H18N2O3/c1-19(2)18-11-14-3-7-16(8-4-14)21-13-22-17-9-5-15(12-20)6-10-17/h3-12H,13H2,1-2H3/b18-11-. The molecule has 0 spiro atoms. The molecule has 0 aliphatic rings. The molecular weight excluding hydrogens is 280 g/mol. The van der Waals surface area contributed by atoms with Crippen LogP contribution in [-0.2, 0) is 0 Å². The second-order valence-electron chi connectivity index (χ2n) is 4.75. The van der Waals surface area contributed by atoms with Gasteiger partial charge in [0.25, 0.3) is 0 Å². The Morgan fingerprint density at radius 1 is 0.909 bits per heavy atom. The summed E-state index contributed by atoms with van der Waals surface area (Å²) in [5, 5.41) is 5.89. The Morgan fingerprint density at radius 2 is 1.41 bits per heavy atom. The van der Waals surface area contributed by atoms with Crippen molar-refractivity contribution in [2.75, 3.05) is 20.9 Å². The maximum Gasteiger partial charge on any atom is 0.230 e. The van der Waals surface area contributed by atoms with Gasteiger partial charge in [0.2, 0.25) is 6.79 Å². The average Bonchev–Trinajstić information content (AvgIpc) is 2.55. The summed E-state index contributed by atoms with van der Waals surface area (Å²) in [4.78, 5) is 10.6. The van der Waals surface area contributed by atoms with Crippen LogP contribution in [0, 0.1) is 0 Å². The molecule has 2 rings (SSSR count). The number of carbonyl (C=O) groups is 1. The van der Waals surface area contributed by atoms with Crippen molar-refractivity contribution in [3.63, 3.8) is 0 Å². The van der Waals surface area contributed by atoms with Crippen molar-refractivity contribution < 1.29 is 14.3 Å². The van der Waals surface area contributed by atoms with Crippen LogP contribution >= 0.6 is 0 Å². The first-order valence-electron chi connectivity index (χ1n) is 6.79. The molecule has 0 radical (unpaired) electrons. The number of hydrogen-bond acceptors (Lipinski definition) is 5. The number of aldehydes is 1. The van der Waals surface area contributed by atoms with Crippen molar-refractivity contribution in [1.29, 1.82) is 0 Å². The molecule has 2 aromatic carbocycles. The lowest BCUT2D eigenvalue weighted by Gasteiger charge is -2.09. The van der Waals surface area contributed by atoms with Crippen molar-refractivity contribution in [1.82, 2.24) is 5.01 Å². The number of nitrogens with zero attached hydrogens (tertiary/aromatic N) is 2. The summed E-state index contributed by atoms with van der Waals surface area (Å²) in [6, 6.07) is 14.4. The smallest absolute Gasteiger partial charge is 0.230 e. The van der Waals surface area contributed by atoms with E-state index < -0.39 is 0 Å². The van der Waals surface area contributed by atoms with Crippen molar-refractivity contribution in [2.24, 2.45) is 5.10 Å². The molecule has 22 heavy (non-hydrogen) atoms. The molecule has 0 aliphatic heterocycles. The monoisotopic (exact) mass is 298 g/mol. The van der Waals surface area contributed by atoms with E-state index in [0.717, 1.165) is 11.8 Å². The molecule has 0 saturated carbocycles. The van der Waals surface area contributed by atoms with Crippen molar-refractivity contribution in [2.45, 2.75) is 0 Å². The predicted octanol–water partition coefficient (Wildman–Crippen LogP) is 2.81. The van der Waals surface area contributed by atoms with Gasteiger partial charge in [0.05, 0.1) is 6.21 Å². The van der Waals surface area contributed by atoms with Gasteiger partial charge < -0.3 is 14.5 Å². The molecule has 0 unspecified atom stereocenters. The Morgan fingerprint density at radius 3 is 1.86 bits per heavy atom. The van der Waals surface area contributed by atoms with E-state index in [0.29, 0.717) is 17.1 Å². The van der Waals surface area contributed by atoms with Gasteiger partial charge in [-0.2, -0.15) is 5.10 Å². The Bertz CT molecular complexity index is 619. The lowest BCUT2D eigenvalue weighted by atomic mass is 10.2. The average molecular weight is 298 g/mol. The Kier molecular flexibility index (Phi) is 5.54. The Balaban J connectivity index is 1.82. The quantitative estimate of drug-likeness (QED) is 0.341. The molecule has 114 valence electrons. The van der Waals surface area contributed by atoms with Gasteiger partial charge in [0.15, 0.2) is 0 Å². The van der Waals surface area contributed by atoms with E-state index in [-0.39, 0.29) is 6.79 Å². The maximum absolute atomic E-state index is 10.6. The van der Waals surface area contributed by atoms with Gasteiger partial charge in [-0.3, -0.25) is 4.79 Å². The molecule has 0 heterocycles. The summed E-state index contributed by atoms with van der Waals surface area (Å²) in [6.07, 6.45) is 2.57. The number of hydrazone groups is 1. The molecular formula is C17H18N2O3. The highest BCUT2D eigenvalue weighted by Gasteiger charge is 1.97. The molecule has 0 bridgehead atoms. The molecule has 5 nitrogen and oxygen atoms in total. The molecule has 0 amide bonds. The van der Waals surface area contributed by atoms with Gasteiger partial charge in [-0.05, 0) is 54.1 Å². The van der Waals surface area contributed by atoms with Crippen LogP contribution < -0.4 is 9.47 Å². The van der Waals surface area contributed by atoms with Gasteiger partial charge in [0.1, 0.15) is 17.8 Å². The fourth-order valence-corrected chi connectivity index (χ4v) is 1.64. The third-order valence-corrected chi connectivity index (χ3v) is 2.79. The molecule has 0 atom stereocenters. The van der Waals surface area contributed by atoms with Crippen LogP contribution in [-0.4, -0.2) is 38.4 Å². The molecule has 2 aromatic rings. The molecule has 0 saturated heterocycles. The highest BCUT2D eigenvalue weighted by atomic mass is 16.7. The minimum absolute atomic E-state index is 0.103. The zero-order valence-electron chi connectivity index (χ0n) is 12.6. The first-order chi connectivity index (χ1) is 10.7. The minimum Gasteiger partial charge on any atom is -0.458 e. The highest BCUT2D eigenvalue weighted by Crippen LogP contribution is 2.14. The van der Waals surface area contributed by atoms with Gasteiger partial charge in [-0.15, -0.1) is 0 Å². The summed E-state index contributed by atoms with van der Waals surface area (Å²) >= 11 is 0. The summed E-state index contributed by atoms with van der Waals surface area (Å²) in [5.74, 6) is 1.37. The van der Waals surface area contributed by atoms with E-state index >= 15 is 0 Å². The Labute approximate surface area is 129 Å². The summed E-state index contributed by atoms with van der Waals surface area (Å²) < 4.78 is 10.9. The number of ether oxygens (including phenoxy) is 2. The van der Waals surface area contributed by atoms with Crippen LogP contribution in [0.2, 0.25) is 0 Å². The first-order valence-corrected chi connectivity index (χ1v) is 6.79. The number of benzene rings is 2. The van der Waals surface area contributed by atoms with Crippen LogP contribution in [0.5, 0.6) is 11.5 Å². The van der Waals surface area contributed by atoms with Gasteiger partial charge in [0, 0.05) is 19.7 Å².